The monoisotopic (exact) mass is 206 g/mol. The lowest BCUT2D eigenvalue weighted by atomic mass is 9.96. The summed E-state index contributed by atoms with van der Waals surface area (Å²) in [6.07, 6.45) is 2.79. The second-order valence-electron chi connectivity index (χ2n) is 4.50. The smallest absolute Gasteiger partial charge is 0.106 e. The fraction of sp³-hybridized carbons (Fsp3) is 0.636. The topological polar surface area (TPSA) is 67.7 Å². The number of amidine groups is 1. The molecule has 0 fully saturated rings. The fourth-order valence-corrected chi connectivity index (χ4v) is 2.30. The summed E-state index contributed by atoms with van der Waals surface area (Å²) in [7, 11) is 0. The summed E-state index contributed by atoms with van der Waals surface area (Å²) in [5.74, 6) is 1.99. The summed E-state index contributed by atoms with van der Waals surface area (Å²) in [5, 5.41) is 7.34. The van der Waals surface area contributed by atoms with Crippen molar-refractivity contribution in [2.75, 3.05) is 0 Å². The van der Waals surface area contributed by atoms with Crippen LogP contribution in [0.25, 0.3) is 0 Å². The minimum Gasteiger partial charge on any atom is -0.387 e. The molecule has 3 N–H and O–H groups in total. The minimum absolute atomic E-state index is 0.203. The molecule has 2 heterocycles. The maximum absolute atomic E-state index is 7.34. The van der Waals surface area contributed by atoms with E-state index in [0.717, 1.165) is 30.4 Å². The molecule has 1 aliphatic heterocycles. The third-order valence-corrected chi connectivity index (χ3v) is 3.09. The van der Waals surface area contributed by atoms with Crippen LogP contribution in [0.15, 0.2) is 0 Å². The van der Waals surface area contributed by atoms with Crippen LogP contribution >= 0.6 is 0 Å². The van der Waals surface area contributed by atoms with Crippen molar-refractivity contribution in [1.29, 1.82) is 5.41 Å². The van der Waals surface area contributed by atoms with E-state index in [1.165, 1.54) is 12.1 Å². The van der Waals surface area contributed by atoms with Crippen molar-refractivity contribution in [2.45, 2.75) is 39.7 Å². The maximum Gasteiger partial charge on any atom is 0.106 e. The Morgan fingerprint density at radius 1 is 1.67 bits per heavy atom. The molecular weight excluding hydrogens is 188 g/mol. The summed E-state index contributed by atoms with van der Waals surface area (Å²) in [6.45, 7) is 5.36. The zero-order valence-electron chi connectivity index (χ0n) is 9.38. The van der Waals surface area contributed by atoms with E-state index in [2.05, 4.69) is 16.5 Å². The number of nitrogens with two attached hydrogens (primary N) is 1. The van der Waals surface area contributed by atoms with Crippen LogP contribution in [0.3, 0.4) is 0 Å². The first-order valence-corrected chi connectivity index (χ1v) is 5.45. The Balaban J connectivity index is 2.36. The summed E-state index contributed by atoms with van der Waals surface area (Å²) in [5.41, 5.74) is 7.73. The first-order chi connectivity index (χ1) is 7.08. The number of hydrogen-bond acceptors (Lipinski definition) is 2. The van der Waals surface area contributed by atoms with E-state index in [4.69, 9.17) is 11.1 Å². The van der Waals surface area contributed by atoms with Crippen LogP contribution in [0.4, 0.5) is 0 Å². The van der Waals surface area contributed by atoms with Crippen molar-refractivity contribution >= 4 is 5.84 Å². The van der Waals surface area contributed by atoms with Crippen LogP contribution in [0.1, 0.15) is 30.6 Å². The predicted molar refractivity (Wildman–Crippen MR) is 60.1 cm³/mol. The van der Waals surface area contributed by atoms with E-state index in [9.17, 15) is 0 Å². The Kier molecular flexibility index (Phi) is 2.50. The summed E-state index contributed by atoms with van der Waals surface area (Å²) in [4.78, 5) is 4.51. The third-order valence-electron chi connectivity index (χ3n) is 3.09. The van der Waals surface area contributed by atoms with Crippen molar-refractivity contribution in [1.82, 2.24) is 9.55 Å². The van der Waals surface area contributed by atoms with Crippen molar-refractivity contribution in [3.05, 3.63) is 17.2 Å². The zero-order valence-corrected chi connectivity index (χ0v) is 9.38. The van der Waals surface area contributed by atoms with Gasteiger partial charge in [0.05, 0.1) is 11.5 Å². The molecule has 15 heavy (non-hydrogen) atoms. The second kappa shape index (κ2) is 3.68. The van der Waals surface area contributed by atoms with Crippen molar-refractivity contribution in [3.8, 4) is 0 Å². The van der Waals surface area contributed by atoms with Gasteiger partial charge in [0.1, 0.15) is 5.82 Å². The van der Waals surface area contributed by atoms with Crippen molar-refractivity contribution < 1.29 is 0 Å². The van der Waals surface area contributed by atoms with Gasteiger partial charge < -0.3 is 10.3 Å². The van der Waals surface area contributed by atoms with Gasteiger partial charge in [-0.3, -0.25) is 5.41 Å². The molecule has 0 bridgehead atoms. The number of aryl methyl sites for hydroxylation is 1. The largest absolute Gasteiger partial charge is 0.387 e. The van der Waals surface area contributed by atoms with Crippen LogP contribution in [-0.4, -0.2) is 15.4 Å². The van der Waals surface area contributed by atoms with Crippen LogP contribution in [0.2, 0.25) is 0 Å². The average Bonchev–Trinajstić information content (AvgIpc) is 2.42. The first kappa shape index (κ1) is 10.2. The lowest BCUT2D eigenvalue weighted by molar-refractivity contribution is 0.410. The molecule has 82 valence electrons. The maximum atomic E-state index is 7.34. The van der Waals surface area contributed by atoms with Gasteiger partial charge >= 0.3 is 0 Å². The van der Waals surface area contributed by atoms with Gasteiger partial charge in [-0.25, -0.2) is 4.98 Å². The molecule has 0 aromatic carbocycles. The lowest BCUT2D eigenvalue weighted by Gasteiger charge is -2.22. The van der Waals surface area contributed by atoms with Gasteiger partial charge in [0, 0.05) is 18.7 Å². The number of fused-ring (bicyclic) bond motifs is 1. The number of nitrogens with one attached hydrogen (secondary N) is 1. The highest BCUT2D eigenvalue weighted by Crippen LogP contribution is 2.24. The van der Waals surface area contributed by atoms with Crippen molar-refractivity contribution in [3.63, 3.8) is 0 Å². The number of hydrogen-bond donors (Lipinski definition) is 2. The van der Waals surface area contributed by atoms with Gasteiger partial charge in [-0.05, 0) is 25.7 Å². The molecule has 1 aromatic rings. The highest BCUT2D eigenvalue weighted by Gasteiger charge is 2.21. The van der Waals surface area contributed by atoms with Gasteiger partial charge in [-0.1, -0.05) is 6.92 Å². The van der Waals surface area contributed by atoms with Crippen molar-refractivity contribution in [2.24, 2.45) is 11.7 Å². The molecule has 0 aliphatic carbocycles. The van der Waals surface area contributed by atoms with E-state index >= 15 is 0 Å². The Hall–Kier alpha value is -1.32. The molecule has 0 radical (unpaired) electrons. The Morgan fingerprint density at radius 3 is 3.07 bits per heavy atom. The van der Waals surface area contributed by atoms with E-state index in [-0.39, 0.29) is 5.84 Å². The average molecular weight is 206 g/mol. The molecule has 2 rings (SSSR count). The molecule has 0 spiro atoms. The molecule has 1 aromatic heterocycles. The predicted octanol–water partition coefficient (Wildman–Crippen LogP) is 1.25. The van der Waals surface area contributed by atoms with Crippen LogP contribution < -0.4 is 5.73 Å². The lowest BCUT2D eigenvalue weighted by Crippen LogP contribution is -2.20. The highest BCUT2D eigenvalue weighted by atomic mass is 15.1. The van der Waals surface area contributed by atoms with Gasteiger partial charge in [0.2, 0.25) is 0 Å². The van der Waals surface area contributed by atoms with Gasteiger partial charge in [-0.15, -0.1) is 0 Å². The molecule has 1 unspecified atom stereocenters. The molecule has 1 atom stereocenters. The van der Waals surface area contributed by atoms with E-state index in [0.29, 0.717) is 6.42 Å². The zero-order chi connectivity index (χ0) is 11.0. The molecule has 1 aliphatic rings. The summed E-state index contributed by atoms with van der Waals surface area (Å²) < 4.78 is 2.28. The van der Waals surface area contributed by atoms with E-state index in [1.54, 1.807) is 0 Å². The SMILES string of the molecule is Cc1nc(CC(=N)N)c2n1CCC(C)C2. The Labute approximate surface area is 90.0 Å². The Bertz CT molecular complexity index is 392. The normalized spacial score (nSPS) is 20.0. The summed E-state index contributed by atoms with van der Waals surface area (Å²) in [6, 6.07) is 0. The van der Waals surface area contributed by atoms with Gasteiger partial charge in [-0.2, -0.15) is 0 Å². The molecule has 0 saturated carbocycles. The van der Waals surface area contributed by atoms with Crippen LogP contribution in [0.5, 0.6) is 0 Å². The molecule has 4 nitrogen and oxygen atoms in total. The second-order valence-corrected chi connectivity index (χ2v) is 4.50. The minimum atomic E-state index is 0.203. The van der Waals surface area contributed by atoms with E-state index < -0.39 is 0 Å². The number of rotatable bonds is 2. The molecule has 4 heteroatoms. The molecular formula is C11H18N4. The highest BCUT2D eigenvalue weighted by molar-refractivity contribution is 5.79. The Morgan fingerprint density at radius 2 is 2.40 bits per heavy atom. The first-order valence-electron chi connectivity index (χ1n) is 5.45. The molecule has 0 saturated heterocycles. The van der Waals surface area contributed by atoms with Crippen LogP contribution in [-0.2, 0) is 19.4 Å². The van der Waals surface area contributed by atoms with Gasteiger partial charge in [0.25, 0.3) is 0 Å². The fourth-order valence-electron chi connectivity index (χ4n) is 2.30. The number of nitrogens with zero attached hydrogens (tertiary/aromatic N) is 2. The number of imidazole rings is 1. The number of aromatic nitrogens is 2. The van der Waals surface area contributed by atoms with E-state index in [1.807, 2.05) is 6.92 Å². The van der Waals surface area contributed by atoms with Gasteiger partial charge in [0.15, 0.2) is 0 Å². The molecule has 0 amide bonds. The third kappa shape index (κ3) is 1.89. The quantitative estimate of drug-likeness (QED) is 0.565. The van der Waals surface area contributed by atoms with Crippen LogP contribution in [0, 0.1) is 18.3 Å². The summed E-state index contributed by atoms with van der Waals surface area (Å²) >= 11 is 0. The standard InChI is InChI=1S/C11H18N4/c1-7-3-4-15-8(2)14-9(6-11(12)13)10(15)5-7/h7H,3-6H2,1-2H3,(H3,12,13).